The van der Waals surface area contributed by atoms with Gasteiger partial charge in [-0.1, -0.05) is 20.8 Å². The summed E-state index contributed by atoms with van der Waals surface area (Å²) in [5, 5.41) is 12.0. The molecule has 1 saturated carbocycles. The van der Waals surface area contributed by atoms with E-state index in [0.29, 0.717) is 12.8 Å². The van der Waals surface area contributed by atoms with Crippen LogP contribution in [0.2, 0.25) is 0 Å². The number of carbonyl (C=O) groups excluding carboxylic acids is 1. The Balaban J connectivity index is 2.57. The summed E-state index contributed by atoms with van der Waals surface area (Å²) < 4.78 is 0. The van der Waals surface area contributed by atoms with Gasteiger partial charge in [0.1, 0.15) is 0 Å². The molecule has 2 N–H and O–H groups in total. The Morgan fingerprint density at radius 3 is 1.94 bits per heavy atom. The smallest absolute Gasteiger partial charge is 0.307 e. The molecular weight excluding hydrogens is 230 g/mol. The summed E-state index contributed by atoms with van der Waals surface area (Å²) in [7, 11) is 0. The van der Waals surface area contributed by atoms with Gasteiger partial charge in [-0.05, 0) is 38.5 Å². The molecule has 0 saturated heterocycles. The number of carboxylic acids is 1. The minimum atomic E-state index is -0.852. The van der Waals surface area contributed by atoms with Gasteiger partial charge in [-0.2, -0.15) is 0 Å². The van der Waals surface area contributed by atoms with Crippen LogP contribution in [0.25, 0.3) is 0 Å². The first kappa shape index (κ1) is 15.0. The average Bonchev–Trinajstić information content (AvgIpc) is 1.91. The van der Waals surface area contributed by atoms with Crippen LogP contribution in [0, 0.1) is 17.3 Å². The van der Waals surface area contributed by atoms with Gasteiger partial charge in [-0.3, -0.25) is 9.59 Å². The minimum absolute atomic E-state index is 0.108. The van der Waals surface area contributed by atoms with E-state index in [2.05, 4.69) is 26.1 Å². The fraction of sp³-hybridized carbons (Fsp3) is 0.857. The van der Waals surface area contributed by atoms with Crippen molar-refractivity contribution in [2.24, 2.45) is 17.3 Å². The Labute approximate surface area is 109 Å². The Kier molecular flexibility index (Phi) is 4.08. The standard InChI is InChI=1S/C14H25NO3/c1-13(2,3)8-14(4,5)15-11(16)9-6-7-10(9)12(17)18/h9-10H,6-8H2,1-5H3,(H,15,16)(H,17,18). The highest BCUT2D eigenvalue weighted by atomic mass is 16.4. The molecule has 1 fully saturated rings. The number of carboxylic acid groups (broad SMARTS) is 1. The fourth-order valence-electron chi connectivity index (χ4n) is 2.91. The molecule has 1 aliphatic rings. The summed E-state index contributed by atoms with van der Waals surface area (Å²) >= 11 is 0. The molecule has 1 aliphatic carbocycles. The lowest BCUT2D eigenvalue weighted by molar-refractivity contribution is -0.153. The Hall–Kier alpha value is -1.06. The highest BCUT2D eigenvalue weighted by Crippen LogP contribution is 2.35. The number of carbonyl (C=O) groups is 2. The zero-order valence-electron chi connectivity index (χ0n) is 12.0. The third kappa shape index (κ3) is 4.00. The van der Waals surface area contributed by atoms with Crippen LogP contribution in [0.4, 0.5) is 0 Å². The van der Waals surface area contributed by atoms with Gasteiger partial charge in [0.2, 0.25) is 5.91 Å². The quantitative estimate of drug-likeness (QED) is 0.810. The monoisotopic (exact) mass is 255 g/mol. The number of hydrogen-bond acceptors (Lipinski definition) is 2. The predicted molar refractivity (Wildman–Crippen MR) is 70.1 cm³/mol. The minimum Gasteiger partial charge on any atom is -0.481 e. The zero-order valence-corrected chi connectivity index (χ0v) is 12.0. The first-order valence-corrected chi connectivity index (χ1v) is 6.57. The number of rotatable bonds is 4. The van der Waals surface area contributed by atoms with Crippen molar-refractivity contribution >= 4 is 11.9 Å². The fourth-order valence-corrected chi connectivity index (χ4v) is 2.91. The SMILES string of the molecule is CC(C)(C)CC(C)(C)NC(=O)C1CCC1C(=O)O. The Bertz CT molecular complexity index is 341. The van der Waals surface area contributed by atoms with E-state index in [1.165, 1.54) is 0 Å². The molecule has 18 heavy (non-hydrogen) atoms. The highest BCUT2D eigenvalue weighted by molar-refractivity contribution is 5.86. The third-order valence-electron chi connectivity index (χ3n) is 3.36. The summed E-state index contributed by atoms with van der Waals surface area (Å²) in [6.07, 6.45) is 2.16. The molecule has 1 rings (SSSR count). The number of amides is 1. The van der Waals surface area contributed by atoms with E-state index in [1.54, 1.807) is 0 Å². The lowest BCUT2D eigenvalue weighted by atomic mass is 9.72. The second kappa shape index (κ2) is 4.90. The second-order valence-electron chi connectivity index (χ2n) is 7.24. The van der Waals surface area contributed by atoms with Gasteiger partial charge in [-0.15, -0.1) is 0 Å². The molecule has 104 valence electrons. The normalized spacial score (nSPS) is 24.3. The summed E-state index contributed by atoms with van der Waals surface area (Å²) in [6, 6.07) is 0. The van der Waals surface area contributed by atoms with E-state index in [4.69, 9.17) is 5.11 Å². The van der Waals surface area contributed by atoms with Gasteiger partial charge in [-0.25, -0.2) is 0 Å². The van der Waals surface area contributed by atoms with Gasteiger partial charge in [0.25, 0.3) is 0 Å². The van der Waals surface area contributed by atoms with Gasteiger partial charge in [0.15, 0.2) is 0 Å². The van der Waals surface area contributed by atoms with Crippen LogP contribution in [0.3, 0.4) is 0 Å². The number of hydrogen-bond donors (Lipinski definition) is 2. The van der Waals surface area contributed by atoms with Crippen LogP contribution >= 0.6 is 0 Å². The van der Waals surface area contributed by atoms with Gasteiger partial charge in [0, 0.05) is 5.54 Å². The molecule has 0 heterocycles. The van der Waals surface area contributed by atoms with E-state index in [9.17, 15) is 9.59 Å². The first-order valence-electron chi connectivity index (χ1n) is 6.57. The predicted octanol–water partition coefficient (Wildman–Crippen LogP) is 2.43. The lowest BCUT2D eigenvalue weighted by Gasteiger charge is -2.38. The van der Waals surface area contributed by atoms with Crippen molar-refractivity contribution < 1.29 is 14.7 Å². The maximum atomic E-state index is 12.1. The van der Waals surface area contributed by atoms with E-state index in [0.717, 1.165) is 6.42 Å². The van der Waals surface area contributed by atoms with Gasteiger partial charge >= 0.3 is 5.97 Å². The van der Waals surface area contributed by atoms with Crippen molar-refractivity contribution in [3.63, 3.8) is 0 Å². The average molecular weight is 255 g/mol. The molecule has 4 nitrogen and oxygen atoms in total. The molecule has 0 bridgehead atoms. The third-order valence-corrected chi connectivity index (χ3v) is 3.36. The van der Waals surface area contributed by atoms with E-state index in [1.807, 2.05) is 13.8 Å². The second-order valence-corrected chi connectivity index (χ2v) is 7.24. The van der Waals surface area contributed by atoms with Crippen molar-refractivity contribution in [3.8, 4) is 0 Å². The topological polar surface area (TPSA) is 66.4 Å². The molecule has 0 aliphatic heterocycles. The lowest BCUT2D eigenvalue weighted by Crippen LogP contribution is -2.52. The first-order chi connectivity index (χ1) is 8.02. The summed E-state index contributed by atoms with van der Waals surface area (Å²) in [5.74, 6) is -1.80. The maximum Gasteiger partial charge on any atom is 0.307 e. The molecule has 1 amide bonds. The molecular formula is C14H25NO3. The van der Waals surface area contributed by atoms with Crippen molar-refractivity contribution in [2.75, 3.05) is 0 Å². The summed E-state index contributed by atoms with van der Waals surface area (Å²) in [5.41, 5.74) is -0.170. The Morgan fingerprint density at radius 1 is 1.11 bits per heavy atom. The van der Waals surface area contributed by atoms with Crippen LogP contribution in [-0.4, -0.2) is 22.5 Å². The summed E-state index contributed by atoms with van der Waals surface area (Å²) in [4.78, 5) is 23.0. The highest BCUT2D eigenvalue weighted by Gasteiger charge is 2.42. The van der Waals surface area contributed by atoms with Crippen LogP contribution in [0.1, 0.15) is 53.9 Å². The molecule has 0 aromatic carbocycles. The van der Waals surface area contributed by atoms with Crippen LogP contribution in [0.5, 0.6) is 0 Å². The maximum absolute atomic E-state index is 12.1. The van der Waals surface area contributed by atoms with Crippen LogP contribution in [0.15, 0.2) is 0 Å². The summed E-state index contributed by atoms with van der Waals surface area (Å²) in [6.45, 7) is 10.4. The van der Waals surface area contributed by atoms with E-state index >= 15 is 0 Å². The van der Waals surface area contributed by atoms with Gasteiger partial charge in [0.05, 0.1) is 11.8 Å². The van der Waals surface area contributed by atoms with E-state index in [-0.39, 0.29) is 22.8 Å². The van der Waals surface area contributed by atoms with Crippen molar-refractivity contribution in [1.82, 2.24) is 5.32 Å². The van der Waals surface area contributed by atoms with Crippen LogP contribution in [-0.2, 0) is 9.59 Å². The molecule has 2 unspecified atom stereocenters. The molecule has 4 heteroatoms. The largest absolute Gasteiger partial charge is 0.481 e. The molecule has 0 aromatic heterocycles. The molecule has 2 atom stereocenters. The molecule has 0 spiro atoms. The number of nitrogens with one attached hydrogen (secondary N) is 1. The Morgan fingerprint density at radius 2 is 1.61 bits per heavy atom. The van der Waals surface area contributed by atoms with Gasteiger partial charge < -0.3 is 10.4 Å². The molecule has 0 radical (unpaired) electrons. The molecule has 0 aromatic rings. The van der Waals surface area contributed by atoms with Crippen molar-refractivity contribution in [1.29, 1.82) is 0 Å². The van der Waals surface area contributed by atoms with Crippen LogP contribution < -0.4 is 5.32 Å². The van der Waals surface area contributed by atoms with Crippen molar-refractivity contribution in [2.45, 2.75) is 59.4 Å². The van der Waals surface area contributed by atoms with Crippen molar-refractivity contribution in [3.05, 3.63) is 0 Å². The van der Waals surface area contributed by atoms with E-state index < -0.39 is 11.9 Å². The number of aliphatic carboxylic acids is 1. The zero-order chi connectivity index (χ0) is 14.1.